The number of nitrogens with one attached hydrogen (secondary N) is 2. The molecule has 170 valence electrons. The molecule has 0 radical (unpaired) electrons. The summed E-state index contributed by atoms with van der Waals surface area (Å²) in [5, 5.41) is 4.67. The van der Waals surface area contributed by atoms with Crippen molar-refractivity contribution in [2.75, 3.05) is 34.5 Å². The number of pyridine rings is 2. The monoisotopic (exact) mass is 456 g/mol. The summed E-state index contributed by atoms with van der Waals surface area (Å²) in [6.07, 6.45) is 4.35. The molecular weight excluding hydrogens is 428 g/mol. The summed E-state index contributed by atoms with van der Waals surface area (Å²) < 4.78 is 15.8. The molecule has 32 heavy (non-hydrogen) atoms. The van der Waals surface area contributed by atoms with E-state index in [4.69, 9.17) is 26.4 Å². The minimum atomic E-state index is -0.178. The highest BCUT2D eigenvalue weighted by Crippen LogP contribution is 2.31. The number of nitrogens with zero attached hydrogens (tertiary/aromatic N) is 2. The molecule has 0 unspecified atom stereocenters. The molecule has 0 atom stereocenters. The molecule has 0 bridgehead atoms. The fourth-order valence-electron chi connectivity index (χ4n) is 3.34. The summed E-state index contributed by atoms with van der Waals surface area (Å²) >= 11 is 5.64. The Labute approximate surface area is 192 Å². The van der Waals surface area contributed by atoms with Gasteiger partial charge in [0.25, 0.3) is 5.56 Å². The maximum atomic E-state index is 12.9. The molecule has 0 amide bonds. The number of thiocarbonyl (C=S) groups is 1. The Morgan fingerprint density at radius 2 is 1.94 bits per heavy atom. The quantitative estimate of drug-likeness (QED) is 0.356. The van der Waals surface area contributed by atoms with Gasteiger partial charge in [-0.3, -0.25) is 9.78 Å². The number of H-pyrrole nitrogens is 1. The van der Waals surface area contributed by atoms with Gasteiger partial charge in [-0.1, -0.05) is 6.07 Å². The highest BCUT2D eigenvalue weighted by molar-refractivity contribution is 7.80. The van der Waals surface area contributed by atoms with E-state index >= 15 is 0 Å². The third-order valence-electron chi connectivity index (χ3n) is 4.97. The topological polar surface area (TPSA) is 88.7 Å². The van der Waals surface area contributed by atoms with E-state index in [1.165, 1.54) is 0 Å². The molecule has 0 saturated carbocycles. The molecule has 0 fully saturated rings. The van der Waals surface area contributed by atoms with Crippen LogP contribution >= 0.6 is 12.2 Å². The minimum absolute atomic E-state index is 0.178. The molecule has 3 aromatic rings. The van der Waals surface area contributed by atoms with Gasteiger partial charge in [0.2, 0.25) is 0 Å². The summed E-state index contributed by atoms with van der Waals surface area (Å²) in [7, 11) is 4.82. The number of rotatable bonds is 10. The van der Waals surface area contributed by atoms with Gasteiger partial charge in [-0.15, -0.1) is 0 Å². The SMILES string of the molecule is COCCCNC(=S)N(Cc1cccnc1)Cc1cc2cc(OC)c(OC)cc2[nH]c1=O. The van der Waals surface area contributed by atoms with Crippen LogP contribution in [0.4, 0.5) is 0 Å². The van der Waals surface area contributed by atoms with Crippen LogP contribution in [0.2, 0.25) is 0 Å². The molecular formula is C23H28N4O4S. The van der Waals surface area contributed by atoms with Gasteiger partial charge < -0.3 is 29.4 Å². The lowest BCUT2D eigenvalue weighted by Gasteiger charge is -2.26. The predicted molar refractivity (Wildman–Crippen MR) is 128 cm³/mol. The third-order valence-corrected chi connectivity index (χ3v) is 5.37. The average molecular weight is 457 g/mol. The fraction of sp³-hybridized carbons (Fsp3) is 0.348. The number of benzene rings is 1. The number of hydrogen-bond donors (Lipinski definition) is 2. The molecule has 0 aliphatic rings. The van der Waals surface area contributed by atoms with E-state index in [2.05, 4.69) is 15.3 Å². The summed E-state index contributed by atoms with van der Waals surface area (Å²) in [6.45, 7) is 2.19. The van der Waals surface area contributed by atoms with Crippen LogP contribution in [0.3, 0.4) is 0 Å². The van der Waals surface area contributed by atoms with Crippen LogP contribution in [-0.2, 0) is 17.8 Å². The van der Waals surface area contributed by atoms with Crippen molar-refractivity contribution in [1.82, 2.24) is 20.2 Å². The van der Waals surface area contributed by atoms with Gasteiger partial charge >= 0.3 is 0 Å². The van der Waals surface area contributed by atoms with Crippen LogP contribution < -0.4 is 20.3 Å². The van der Waals surface area contributed by atoms with Crippen molar-refractivity contribution in [3.05, 3.63) is 64.2 Å². The van der Waals surface area contributed by atoms with Gasteiger partial charge in [0.15, 0.2) is 16.6 Å². The van der Waals surface area contributed by atoms with Crippen molar-refractivity contribution >= 4 is 28.2 Å². The van der Waals surface area contributed by atoms with Crippen LogP contribution in [0.15, 0.2) is 47.5 Å². The normalized spacial score (nSPS) is 10.7. The van der Waals surface area contributed by atoms with Crippen molar-refractivity contribution in [3.63, 3.8) is 0 Å². The van der Waals surface area contributed by atoms with Crippen molar-refractivity contribution in [2.45, 2.75) is 19.5 Å². The zero-order valence-electron chi connectivity index (χ0n) is 18.5. The molecule has 1 aromatic carbocycles. The van der Waals surface area contributed by atoms with E-state index in [1.807, 2.05) is 29.2 Å². The lowest BCUT2D eigenvalue weighted by Crippen LogP contribution is -2.40. The number of aromatic amines is 1. The highest BCUT2D eigenvalue weighted by Gasteiger charge is 2.15. The van der Waals surface area contributed by atoms with Crippen LogP contribution in [0.5, 0.6) is 11.5 Å². The van der Waals surface area contributed by atoms with Crippen LogP contribution in [0.25, 0.3) is 10.9 Å². The Morgan fingerprint density at radius 3 is 2.62 bits per heavy atom. The summed E-state index contributed by atoms with van der Waals surface area (Å²) in [5.74, 6) is 1.16. The maximum absolute atomic E-state index is 12.9. The van der Waals surface area contributed by atoms with Gasteiger partial charge in [0.1, 0.15) is 0 Å². The van der Waals surface area contributed by atoms with Gasteiger partial charge in [-0.2, -0.15) is 0 Å². The first kappa shape index (κ1) is 23.5. The van der Waals surface area contributed by atoms with E-state index in [-0.39, 0.29) is 5.56 Å². The summed E-state index contributed by atoms with van der Waals surface area (Å²) in [6, 6.07) is 9.33. The first-order valence-corrected chi connectivity index (χ1v) is 10.6. The Morgan fingerprint density at radius 1 is 1.16 bits per heavy atom. The van der Waals surface area contributed by atoms with E-state index in [9.17, 15) is 4.79 Å². The summed E-state index contributed by atoms with van der Waals surface area (Å²) in [4.78, 5) is 21.9. The van der Waals surface area contributed by atoms with Crippen molar-refractivity contribution in [3.8, 4) is 11.5 Å². The van der Waals surface area contributed by atoms with Crippen LogP contribution in [0.1, 0.15) is 17.5 Å². The molecule has 3 rings (SSSR count). The zero-order chi connectivity index (χ0) is 22.9. The Hall–Kier alpha value is -3.17. The predicted octanol–water partition coefficient (Wildman–Crippen LogP) is 2.85. The molecule has 2 N–H and O–H groups in total. The second-order valence-corrected chi connectivity index (χ2v) is 7.60. The lowest BCUT2D eigenvalue weighted by molar-refractivity contribution is 0.195. The van der Waals surface area contributed by atoms with E-state index in [1.54, 1.807) is 39.8 Å². The first-order valence-electron chi connectivity index (χ1n) is 10.2. The molecule has 0 aliphatic heterocycles. The van der Waals surface area contributed by atoms with Crippen molar-refractivity contribution < 1.29 is 14.2 Å². The van der Waals surface area contributed by atoms with Crippen molar-refractivity contribution in [1.29, 1.82) is 0 Å². The smallest absolute Gasteiger partial charge is 0.253 e. The Bertz CT molecular complexity index is 1100. The zero-order valence-corrected chi connectivity index (χ0v) is 19.3. The van der Waals surface area contributed by atoms with Gasteiger partial charge in [0.05, 0.1) is 26.3 Å². The molecule has 0 spiro atoms. The number of aromatic nitrogens is 2. The second kappa shape index (κ2) is 11.4. The average Bonchev–Trinajstić information content (AvgIpc) is 2.81. The second-order valence-electron chi connectivity index (χ2n) is 7.21. The van der Waals surface area contributed by atoms with Crippen LogP contribution in [0, 0.1) is 0 Å². The largest absolute Gasteiger partial charge is 0.493 e. The number of ether oxygens (including phenoxy) is 3. The van der Waals surface area contributed by atoms with E-state index in [0.29, 0.717) is 53.9 Å². The minimum Gasteiger partial charge on any atom is -0.493 e. The van der Waals surface area contributed by atoms with Crippen LogP contribution in [-0.4, -0.2) is 54.5 Å². The van der Waals surface area contributed by atoms with Gasteiger partial charge in [-0.25, -0.2) is 0 Å². The number of methoxy groups -OCH3 is 3. The van der Waals surface area contributed by atoms with E-state index < -0.39 is 0 Å². The van der Waals surface area contributed by atoms with Crippen molar-refractivity contribution in [2.24, 2.45) is 0 Å². The van der Waals surface area contributed by atoms with Gasteiger partial charge in [-0.05, 0) is 42.4 Å². The molecule has 2 heterocycles. The summed E-state index contributed by atoms with van der Waals surface area (Å²) in [5.41, 5.74) is 2.09. The molecule has 0 saturated heterocycles. The number of fused-ring (bicyclic) bond motifs is 1. The highest BCUT2D eigenvalue weighted by atomic mass is 32.1. The maximum Gasteiger partial charge on any atom is 0.253 e. The number of hydrogen-bond acceptors (Lipinski definition) is 6. The standard InChI is InChI=1S/C23H28N4O4S/c1-29-9-5-8-25-23(32)27(14-16-6-4-7-24-13-16)15-18-10-17-11-20(30-2)21(31-3)12-19(17)26-22(18)28/h4,6-7,10-13H,5,8-9,14-15H2,1-3H3,(H,25,32)(H,26,28). The Balaban J connectivity index is 1.88. The fourth-order valence-corrected chi connectivity index (χ4v) is 3.57. The first-order chi connectivity index (χ1) is 15.5. The van der Waals surface area contributed by atoms with E-state index in [0.717, 1.165) is 17.4 Å². The van der Waals surface area contributed by atoms with Gasteiger partial charge in [0, 0.05) is 56.2 Å². The third kappa shape index (κ3) is 5.95. The molecule has 9 heteroatoms. The molecule has 8 nitrogen and oxygen atoms in total. The lowest BCUT2D eigenvalue weighted by atomic mass is 10.1. The molecule has 2 aromatic heterocycles. The Kier molecular flexibility index (Phi) is 8.41. The molecule has 0 aliphatic carbocycles.